The van der Waals surface area contributed by atoms with Crippen molar-refractivity contribution < 1.29 is 5.11 Å². The molecule has 1 aromatic carbocycles. The van der Waals surface area contributed by atoms with E-state index in [-0.39, 0.29) is 10.8 Å². The minimum Gasteiger partial charge on any atom is -0.507 e. The monoisotopic (exact) mass is 278 g/mol. The van der Waals surface area contributed by atoms with Crippen LogP contribution in [-0.4, -0.2) is 13.2 Å². The Morgan fingerprint density at radius 2 is 1.11 bits per heavy atom. The van der Waals surface area contributed by atoms with Crippen molar-refractivity contribution in [1.82, 2.24) is 0 Å². The Hall–Kier alpha value is -0.763. The molecule has 0 fully saturated rings. The Bertz CT molecular complexity index is 433. The molecular formula is C17H30OSi. The lowest BCUT2D eigenvalue weighted by Crippen LogP contribution is -2.39. The molecule has 1 N–H and O–H groups in total. The van der Waals surface area contributed by atoms with Crippen molar-refractivity contribution in [3.63, 3.8) is 0 Å². The summed E-state index contributed by atoms with van der Waals surface area (Å²) >= 11 is 0. The molecule has 1 rings (SSSR count). The summed E-state index contributed by atoms with van der Waals surface area (Å²) in [5.74, 6) is 0.488. The topological polar surface area (TPSA) is 20.2 Å². The molecule has 19 heavy (non-hydrogen) atoms. The third-order valence-electron chi connectivity index (χ3n) is 3.59. The van der Waals surface area contributed by atoms with Gasteiger partial charge in [0, 0.05) is 0 Å². The maximum atomic E-state index is 10.7. The second-order valence-electron chi connectivity index (χ2n) is 8.67. The maximum absolute atomic E-state index is 10.7. The average molecular weight is 279 g/mol. The number of hydrogen-bond acceptors (Lipinski definition) is 1. The van der Waals surface area contributed by atoms with Crippen LogP contribution in [-0.2, 0) is 10.8 Å². The molecule has 0 aliphatic rings. The Morgan fingerprint density at radius 3 is 1.32 bits per heavy atom. The van der Waals surface area contributed by atoms with E-state index < -0.39 is 8.07 Å². The van der Waals surface area contributed by atoms with E-state index in [4.69, 9.17) is 0 Å². The first-order valence-corrected chi connectivity index (χ1v) is 10.6. The summed E-state index contributed by atoms with van der Waals surface area (Å²) in [6.45, 7) is 20.1. The van der Waals surface area contributed by atoms with Crippen LogP contribution in [0.3, 0.4) is 0 Å². The summed E-state index contributed by atoms with van der Waals surface area (Å²) in [5, 5.41) is 12.1. The van der Waals surface area contributed by atoms with Gasteiger partial charge in [-0.1, -0.05) is 78.5 Å². The van der Waals surface area contributed by atoms with Crippen LogP contribution in [0.25, 0.3) is 0 Å². The summed E-state index contributed by atoms with van der Waals surface area (Å²) in [6, 6.07) is 4.47. The molecule has 0 bridgehead atoms. The van der Waals surface area contributed by atoms with E-state index in [1.807, 2.05) is 0 Å². The smallest absolute Gasteiger partial charge is 0.123 e. The number of phenolic OH excluding ortho intramolecular Hbond substituents is 1. The van der Waals surface area contributed by atoms with Crippen LogP contribution < -0.4 is 5.19 Å². The van der Waals surface area contributed by atoms with Gasteiger partial charge < -0.3 is 5.11 Å². The van der Waals surface area contributed by atoms with Gasteiger partial charge in [0.2, 0.25) is 0 Å². The molecule has 0 aliphatic heterocycles. The Kier molecular flexibility index (Phi) is 3.99. The molecule has 0 aliphatic carbocycles. The first-order chi connectivity index (χ1) is 8.24. The summed E-state index contributed by atoms with van der Waals surface area (Å²) in [4.78, 5) is 0. The van der Waals surface area contributed by atoms with Gasteiger partial charge in [0.15, 0.2) is 0 Å². The molecular weight excluding hydrogens is 248 g/mol. The van der Waals surface area contributed by atoms with Gasteiger partial charge in [-0.2, -0.15) is 0 Å². The van der Waals surface area contributed by atoms with Crippen molar-refractivity contribution in [1.29, 1.82) is 0 Å². The lowest BCUT2D eigenvalue weighted by molar-refractivity contribution is 0.424. The van der Waals surface area contributed by atoms with Gasteiger partial charge >= 0.3 is 0 Å². The molecule has 0 unspecified atom stereocenters. The number of hydrogen-bond donors (Lipinski definition) is 1. The molecule has 2 heteroatoms. The van der Waals surface area contributed by atoms with Crippen molar-refractivity contribution in [3.8, 4) is 5.75 Å². The highest BCUT2D eigenvalue weighted by molar-refractivity contribution is 6.88. The zero-order chi connectivity index (χ0) is 15.2. The molecule has 0 saturated heterocycles. The number of aromatic hydroxyl groups is 1. The second kappa shape index (κ2) is 4.66. The molecule has 108 valence electrons. The van der Waals surface area contributed by atoms with E-state index in [9.17, 15) is 5.11 Å². The minimum absolute atomic E-state index is 0.0280. The van der Waals surface area contributed by atoms with Crippen molar-refractivity contribution in [2.24, 2.45) is 0 Å². The first kappa shape index (κ1) is 16.3. The number of rotatable bonds is 1. The average Bonchev–Trinajstić information content (AvgIpc) is 2.11. The first-order valence-electron chi connectivity index (χ1n) is 7.13. The molecule has 1 nitrogen and oxygen atoms in total. The van der Waals surface area contributed by atoms with Gasteiger partial charge in [-0.15, -0.1) is 0 Å². The zero-order valence-electron chi connectivity index (χ0n) is 14.1. The molecule has 1 aromatic rings. The highest BCUT2D eigenvalue weighted by Gasteiger charge is 2.29. The van der Waals surface area contributed by atoms with Gasteiger partial charge in [-0.05, 0) is 22.0 Å². The maximum Gasteiger partial charge on any atom is 0.123 e. The van der Waals surface area contributed by atoms with Gasteiger partial charge in [-0.3, -0.25) is 0 Å². The van der Waals surface area contributed by atoms with Crippen LogP contribution in [0.2, 0.25) is 19.6 Å². The van der Waals surface area contributed by atoms with Crippen LogP contribution in [0.4, 0.5) is 0 Å². The second-order valence-corrected chi connectivity index (χ2v) is 13.7. The van der Waals surface area contributed by atoms with Crippen molar-refractivity contribution >= 4 is 13.3 Å². The lowest BCUT2D eigenvalue weighted by atomic mass is 9.79. The van der Waals surface area contributed by atoms with E-state index in [2.05, 4.69) is 73.3 Å². The van der Waals surface area contributed by atoms with Gasteiger partial charge in [0.25, 0.3) is 0 Å². The highest BCUT2D eigenvalue weighted by Crippen LogP contribution is 2.38. The van der Waals surface area contributed by atoms with E-state index in [0.29, 0.717) is 5.75 Å². The fourth-order valence-corrected chi connectivity index (χ4v) is 3.37. The fourth-order valence-electron chi connectivity index (χ4n) is 2.21. The van der Waals surface area contributed by atoms with E-state index >= 15 is 0 Å². The Morgan fingerprint density at radius 1 is 0.789 bits per heavy atom. The van der Waals surface area contributed by atoms with E-state index in [1.165, 1.54) is 5.19 Å². The van der Waals surface area contributed by atoms with Gasteiger partial charge in [0.1, 0.15) is 5.75 Å². The van der Waals surface area contributed by atoms with Crippen molar-refractivity contribution in [3.05, 3.63) is 23.3 Å². The number of phenols is 1. The summed E-state index contributed by atoms with van der Waals surface area (Å²) < 4.78 is 0. The Labute approximate surface area is 120 Å². The minimum atomic E-state index is -1.39. The van der Waals surface area contributed by atoms with E-state index in [0.717, 1.165) is 11.1 Å². The SMILES string of the molecule is CC(C)(C)c1cc([Si](C)(C)C)cc(C(C)(C)C)c1O. The molecule has 0 atom stereocenters. The largest absolute Gasteiger partial charge is 0.507 e. The van der Waals surface area contributed by atoms with E-state index in [1.54, 1.807) is 0 Å². The van der Waals surface area contributed by atoms with Crippen LogP contribution in [0.1, 0.15) is 52.7 Å². The normalized spacial score (nSPS) is 13.7. The van der Waals surface area contributed by atoms with Crippen molar-refractivity contribution in [2.75, 3.05) is 0 Å². The molecule has 0 amide bonds. The highest BCUT2D eigenvalue weighted by atomic mass is 28.3. The van der Waals surface area contributed by atoms with Gasteiger partial charge in [-0.25, -0.2) is 0 Å². The summed E-state index contributed by atoms with van der Waals surface area (Å²) in [7, 11) is -1.39. The van der Waals surface area contributed by atoms with Crippen molar-refractivity contribution in [2.45, 2.75) is 72.0 Å². The fraction of sp³-hybridized carbons (Fsp3) is 0.647. The zero-order valence-corrected chi connectivity index (χ0v) is 15.1. The quantitative estimate of drug-likeness (QED) is 0.748. The third-order valence-corrected chi connectivity index (χ3v) is 5.61. The third kappa shape index (κ3) is 3.62. The number of benzene rings is 1. The summed E-state index contributed by atoms with van der Waals surface area (Å²) in [5.41, 5.74) is 2.11. The van der Waals surface area contributed by atoms with Crippen LogP contribution in [0.5, 0.6) is 5.75 Å². The van der Waals surface area contributed by atoms with Crippen LogP contribution in [0.15, 0.2) is 12.1 Å². The Balaban J connectivity index is 3.68. The van der Waals surface area contributed by atoms with Gasteiger partial charge in [0.05, 0.1) is 8.07 Å². The predicted octanol–water partition coefficient (Wildman–Crippen LogP) is 4.53. The standard InChI is InChI=1S/C17H30OSi/c1-16(2,3)13-10-12(19(7,8)9)11-14(15(13)18)17(4,5)6/h10-11,18H,1-9H3. The van der Waals surface area contributed by atoms with Crippen LogP contribution in [0, 0.1) is 0 Å². The molecule has 0 spiro atoms. The van der Waals surface area contributed by atoms with Crippen LogP contribution >= 0.6 is 0 Å². The molecule has 0 saturated carbocycles. The lowest BCUT2D eigenvalue weighted by Gasteiger charge is -2.30. The molecule has 0 heterocycles. The molecule has 0 aromatic heterocycles. The summed E-state index contributed by atoms with van der Waals surface area (Å²) in [6.07, 6.45) is 0. The molecule has 0 radical (unpaired) electrons. The predicted molar refractivity (Wildman–Crippen MR) is 88.5 cm³/mol.